The summed E-state index contributed by atoms with van der Waals surface area (Å²) in [5.74, 6) is 0. The van der Waals surface area contributed by atoms with Crippen molar-refractivity contribution >= 4 is 43.6 Å². The molecular formula is C51H36N2. The Balaban J connectivity index is 1.05. The second-order valence-corrected chi connectivity index (χ2v) is 15.0. The van der Waals surface area contributed by atoms with Gasteiger partial charge in [-0.1, -0.05) is 141 Å². The highest BCUT2D eigenvalue weighted by Crippen LogP contribution is 2.49. The van der Waals surface area contributed by atoms with Crippen LogP contribution in [0.15, 0.2) is 182 Å². The van der Waals surface area contributed by atoms with Crippen LogP contribution in [0, 0.1) is 0 Å². The number of aromatic nitrogens is 2. The molecule has 11 rings (SSSR count). The Morgan fingerprint density at radius 2 is 0.811 bits per heavy atom. The lowest BCUT2D eigenvalue weighted by molar-refractivity contribution is 0.660. The van der Waals surface area contributed by atoms with E-state index in [0.29, 0.717) is 0 Å². The number of hydrogen-bond donors (Lipinski definition) is 0. The average molecular weight is 677 g/mol. The average Bonchev–Trinajstić information content (AvgIpc) is 3.81. The predicted molar refractivity (Wildman–Crippen MR) is 224 cm³/mol. The van der Waals surface area contributed by atoms with Crippen molar-refractivity contribution in [1.82, 2.24) is 9.13 Å². The molecule has 0 atom stereocenters. The summed E-state index contributed by atoms with van der Waals surface area (Å²) < 4.78 is 4.85. The summed E-state index contributed by atoms with van der Waals surface area (Å²) in [4.78, 5) is 0. The van der Waals surface area contributed by atoms with E-state index in [0.717, 1.165) is 11.4 Å². The predicted octanol–water partition coefficient (Wildman–Crippen LogP) is 13.5. The van der Waals surface area contributed by atoms with E-state index in [1.807, 2.05) is 0 Å². The fraction of sp³-hybridized carbons (Fsp3) is 0.0588. The molecule has 8 aromatic carbocycles. The molecule has 0 spiro atoms. The highest BCUT2D eigenvalue weighted by Gasteiger charge is 2.35. The van der Waals surface area contributed by atoms with Crippen LogP contribution < -0.4 is 0 Å². The van der Waals surface area contributed by atoms with Crippen molar-refractivity contribution in [3.63, 3.8) is 0 Å². The van der Waals surface area contributed by atoms with E-state index in [4.69, 9.17) is 0 Å². The molecule has 1 aliphatic carbocycles. The Morgan fingerprint density at radius 1 is 0.321 bits per heavy atom. The maximum atomic E-state index is 2.44. The normalized spacial score (nSPS) is 13.2. The Bertz CT molecular complexity index is 3040. The third-order valence-corrected chi connectivity index (χ3v) is 11.7. The summed E-state index contributed by atoms with van der Waals surface area (Å²) in [5, 5.41) is 5.05. The molecule has 0 saturated heterocycles. The van der Waals surface area contributed by atoms with Crippen LogP contribution in [-0.4, -0.2) is 9.13 Å². The lowest BCUT2D eigenvalue weighted by Crippen LogP contribution is -2.14. The van der Waals surface area contributed by atoms with Crippen LogP contribution in [0.1, 0.15) is 25.0 Å². The van der Waals surface area contributed by atoms with Crippen LogP contribution in [0.25, 0.3) is 88.4 Å². The molecular weight excluding hydrogens is 641 g/mol. The molecule has 2 heterocycles. The lowest BCUT2D eigenvalue weighted by atomic mass is 9.81. The van der Waals surface area contributed by atoms with Gasteiger partial charge in [0.2, 0.25) is 0 Å². The number of benzene rings is 8. The van der Waals surface area contributed by atoms with Crippen molar-refractivity contribution in [2.75, 3.05) is 0 Å². The summed E-state index contributed by atoms with van der Waals surface area (Å²) in [5.41, 5.74) is 17.5. The summed E-state index contributed by atoms with van der Waals surface area (Å²) >= 11 is 0. The minimum absolute atomic E-state index is 0.0302. The molecule has 53 heavy (non-hydrogen) atoms. The SMILES string of the molecule is CC1(C)c2ccccc2-c2ccc(-c3cccc(-c4cccc(-n5c6ccccc6c6ccc(-n7c8ccccc8c8ccccc87)cc65)c4)c3)cc21. The standard InChI is InChI=1S/C51H36N2/c1-51(2)45-21-7-3-17-39(45)40-27-25-36(31-46(40)51)34-14-11-13-33(29-34)35-15-12-16-37(30-35)53-49-24-10-6-20-43(49)44-28-26-38(32-50(44)53)52-47-22-8-4-18-41(47)42-19-5-9-23-48(42)52/h3-32H,1-2H3. The van der Waals surface area contributed by atoms with E-state index < -0.39 is 0 Å². The van der Waals surface area contributed by atoms with E-state index in [1.54, 1.807) is 0 Å². The fourth-order valence-electron chi connectivity index (χ4n) is 9.16. The van der Waals surface area contributed by atoms with E-state index in [2.05, 4.69) is 205 Å². The van der Waals surface area contributed by atoms with Gasteiger partial charge in [0.05, 0.1) is 22.1 Å². The summed E-state index contributed by atoms with van der Waals surface area (Å²) in [6, 6.07) is 67.1. The molecule has 10 aromatic rings. The fourth-order valence-corrected chi connectivity index (χ4v) is 9.16. The van der Waals surface area contributed by atoms with E-state index >= 15 is 0 Å². The van der Waals surface area contributed by atoms with E-state index in [1.165, 1.54) is 88.1 Å². The van der Waals surface area contributed by atoms with Crippen LogP contribution in [0.4, 0.5) is 0 Å². The molecule has 0 N–H and O–H groups in total. The molecule has 250 valence electrons. The third-order valence-electron chi connectivity index (χ3n) is 11.7. The van der Waals surface area contributed by atoms with Crippen LogP contribution >= 0.6 is 0 Å². The number of nitrogens with zero attached hydrogens (tertiary/aromatic N) is 2. The summed E-state index contributed by atoms with van der Waals surface area (Å²) in [7, 11) is 0. The van der Waals surface area contributed by atoms with Crippen molar-refractivity contribution in [2.24, 2.45) is 0 Å². The van der Waals surface area contributed by atoms with Gasteiger partial charge < -0.3 is 9.13 Å². The maximum Gasteiger partial charge on any atom is 0.0561 e. The maximum absolute atomic E-state index is 2.44. The van der Waals surface area contributed by atoms with Crippen molar-refractivity contribution in [3.05, 3.63) is 193 Å². The van der Waals surface area contributed by atoms with Crippen LogP contribution in [-0.2, 0) is 5.41 Å². The Labute approximate surface area is 308 Å². The van der Waals surface area contributed by atoms with E-state index in [-0.39, 0.29) is 5.41 Å². The van der Waals surface area contributed by atoms with Crippen LogP contribution in [0.2, 0.25) is 0 Å². The minimum Gasteiger partial charge on any atom is -0.309 e. The zero-order valence-electron chi connectivity index (χ0n) is 29.7. The van der Waals surface area contributed by atoms with Crippen LogP contribution in [0.5, 0.6) is 0 Å². The van der Waals surface area contributed by atoms with Gasteiger partial charge in [-0.05, 0) is 99.1 Å². The molecule has 0 aliphatic heterocycles. The van der Waals surface area contributed by atoms with Gasteiger partial charge in [0.25, 0.3) is 0 Å². The first kappa shape index (κ1) is 30.0. The van der Waals surface area contributed by atoms with Gasteiger partial charge in [-0.15, -0.1) is 0 Å². The number of fused-ring (bicyclic) bond motifs is 9. The molecule has 0 bridgehead atoms. The molecule has 0 unspecified atom stereocenters. The van der Waals surface area contributed by atoms with Gasteiger partial charge in [-0.3, -0.25) is 0 Å². The highest BCUT2D eigenvalue weighted by molar-refractivity contribution is 6.12. The summed E-state index contributed by atoms with van der Waals surface area (Å²) in [6.45, 7) is 4.70. The second-order valence-electron chi connectivity index (χ2n) is 15.0. The number of para-hydroxylation sites is 3. The zero-order chi connectivity index (χ0) is 35.3. The Hall–Kier alpha value is -6.64. The third kappa shape index (κ3) is 4.39. The van der Waals surface area contributed by atoms with Gasteiger partial charge in [0, 0.05) is 38.3 Å². The van der Waals surface area contributed by atoms with Gasteiger partial charge in [-0.2, -0.15) is 0 Å². The van der Waals surface area contributed by atoms with Gasteiger partial charge in [0.1, 0.15) is 0 Å². The van der Waals surface area contributed by atoms with Crippen molar-refractivity contribution in [2.45, 2.75) is 19.3 Å². The monoisotopic (exact) mass is 676 g/mol. The first-order valence-electron chi connectivity index (χ1n) is 18.5. The number of rotatable bonds is 4. The first-order chi connectivity index (χ1) is 26.0. The van der Waals surface area contributed by atoms with Gasteiger partial charge in [0.15, 0.2) is 0 Å². The Kier molecular flexibility index (Phi) is 6.33. The topological polar surface area (TPSA) is 9.86 Å². The molecule has 1 aliphatic rings. The Morgan fingerprint density at radius 3 is 1.49 bits per heavy atom. The van der Waals surface area contributed by atoms with Crippen molar-refractivity contribution in [1.29, 1.82) is 0 Å². The molecule has 2 aromatic heterocycles. The smallest absolute Gasteiger partial charge is 0.0561 e. The number of hydrogen-bond acceptors (Lipinski definition) is 0. The molecule has 0 fully saturated rings. The van der Waals surface area contributed by atoms with Crippen molar-refractivity contribution < 1.29 is 0 Å². The molecule has 2 nitrogen and oxygen atoms in total. The van der Waals surface area contributed by atoms with Gasteiger partial charge in [-0.25, -0.2) is 0 Å². The van der Waals surface area contributed by atoms with Gasteiger partial charge >= 0.3 is 0 Å². The second kappa shape index (κ2) is 11.2. The first-order valence-corrected chi connectivity index (χ1v) is 18.5. The van der Waals surface area contributed by atoms with Crippen LogP contribution in [0.3, 0.4) is 0 Å². The largest absolute Gasteiger partial charge is 0.309 e. The van der Waals surface area contributed by atoms with Crippen molar-refractivity contribution in [3.8, 4) is 44.8 Å². The van der Waals surface area contributed by atoms with E-state index in [9.17, 15) is 0 Å². The zero-order valence-corrected chi connectivity index (χ0v) is 29.7. The molecule has 0 radical (unpaired) electrons. The quantitative estimate of drug-likeness (QED) is 0.176. The summed E-state index contributed by atoms with van der Waals surface area (Å²) in [6.07, 6.45) is 0. The highest BCUT2D eigenvalue weighted by atomic mass is 15.0. The molecule has 0 saturated carbocycles. The lowest BCUT2D eigenvalue weighted by Gasteiger charge is -2.22. The molecule has 0 amide bonds. The minimum atomic E-state index is -0.0302. The molecule has 2 heteroatoms.